The number of ether oxygens (including phenoxy) is 1. The van der Waals surface area contributed by atoms with E-state index >= 15 is 0 Å². The molecule has 1 atom stereocenters. The molecule has 1 N–H and O–H groups in total. The number of pyridine rings is 3. The van der Waals surface area contributed by atoms with Crippen LogP contribution in [0, 0.1) is 6.92 Å². The summed E-state index contributed by atoms with van der Waals surface area (Å²) in [5, 5.41) is 8.13. The molecule has 1 unspecified atom stereocenters. The summed E-state index contributed by atoms with van der Waals surface area (Å²) in [6.45, 7) is 6.37. The second-order valence-corrected chi connectivity index (χ2v) is 7.34. The molecule has 7 heteroatoms. The van der Waals surface area contributed by atoms with Crippen LogP contribution in [0.2, 0.25) is 0 Å². The summed E-state index contributed by atoms with van der Waals surface area (Å²) in [5.41, 5.74) is 5.44. The minimum absolute atomic E-state index is 0.249. The number of anilines is 1. The molecule has 0 spiro atoms. The van der Waals surface area contributed by atoms with E-state index < -0.39 is 0 Å². The second-order valence-electron chi connectivity index (χ2n) is 7.34. The van der Waals surface area contributed by atoms with E-state index in [1.165, 1.54) is 0 Å². The molecule has 0 amide bonds. The minimum atomic E-state index is 0.249. The standard InChI is InChI=1S/C22H22N6O/c1-14-4-3-5-18(25-14)17-12-20(28-10-11-29-13-15(28)2)26-21-16(17)6-8-23-22(21)19-7-9-24-27-19/h3-9,12,15H,10-11,13H2,1-2H3,(H,24,27). The molecule has 0 bridgehead atoms. The van der Waals surface area contributed by atoms with Gasteiger partial charge in [0.2, 0.25) is 0 Å². The average molecular weight is 386 g/mol. The molecule has 1 aliphatic rings. The lowest BCUT2D eigenvalue weighted by Crippen LogP contribution is -2.44. The van der Waals surface area contributed by atoms with Crippen LogP contribution < -0.4 is 4.90 Å². The second kappa shape index (κ2) is 7.25. The van der Waals surface area contributed by atoms with Crippen molar-refractivity contribution in [2.45, 2.75) is 19.9 Å². The van der Waals surface area contributed by atoms with Crippen molar-refractivity contribution < 1.29 is 4.74 Å². The first-order valence-corrected chi connectivity index (χ1v) is 9.78. The number of hydrogen-bond donors (Lipinski definition) is 1. The van der Waals surface area contributed by atoms with E-state index in [1.807, 2.05) is 43.5 Å². The van der Waals surface area contributed by atoms with Crippen molar-refractivity contribution >= 4 is 16.7 Å². The van der Waals surface area contributed by atoms with Gasteiger partial charge in [-0.05, 0) is 44.2 Å². The summed E-state index contributed by atoms with van der Waals surface area (Å²) in [6.07, 6.45) is 3.54. The van der Waals surface area contributed by atoms with Crippen LogP contribution in [0.3, 0.4) is 0 Å². The zero-order chi connectivity index (χ0) is 19.8. The lowest BCUT2D eigenvalue weighted by Gasteiger charge is -2.34. The molecule has 29 heavy (non-hydrogen) atoms. The Kier molecular flexibility index (Phi) is 4.44. The summed E-state index contributed by atoms with van der Waals surface area (Å²) >= 11 is 0. The Hall–Kier alpha value is -3.32. The number of fused-ring (bicyclic) bond motifs is 1. The van der Waals surface area contributed by atoms with Crippen molar-refractivity contribution in [1.82, 2.24) is 25.1 Å². The van der Waals surface area contributed by atoms with Crippen LogP contribution in [0.5, 0.6) is 0 Å². The molecular formula is C22H22N6O. The first-order valence-electron chi connectivity index (χ1n) is 9.78. The predicted octanol–water partition coefficient (Wildman–Crippen LogP) is 3.62. The highest BCUT2D eigenvalue weighted by Gasteiger charge is 2.23. The minimum Gasteiger partial charge on any atom is -0.377 e. The summed E-state index contributed by atoms with van der Waals surface area (Å²) in [7, 11) is 0. The van der Waals surface area contributed by atoms with Gasteiger partial charge in [0, 0.05) is 35.6 Å². The molecular weight excluding hydrogens is 364 g/mol. The highest BCUT2D eigenvalue weighted by molar-refractivity contribution is 6.01. The van der Waals surface area contributed by atoms with Gasteiger partial charge in [-0.25, -0.2) is 4.98 Å². The first kappa shape index (κ1) is 17.8. The van der Waals surface area contributed by atoms with Crippen LogP contribution in [-0.2, 0) is 4.74 Å². The van der Waals surface area contributed by atoms with Gasteiger partial charge in [0.05, 0.1) is 30.6 Å². The zero-order valence-electron chi connectivity index (χ0n) is 16.5. The zero-order valence-corrected chi connectivity index (χ0v) is 16.5. The lowest BCUT2D eigenvalue weighted by molar-refractivity contribution is 0.0986. The average Bonchev–Trinajstić information content (AvgIpc) is 3.27. The lowest BCUT2D eigenvalue weighted by atomic mass is 10.0. The van der Waals surface area contributed by atoms with Crippen LogP contribution in [-0.4, -0.2) is 50.9 Å². The molecule has 0 saturated carbocycles. The Bertz CT molecular complexity index is 1160. The number of aromatic nitrogens is 5. The van der Waals surface area contributed by atoms with E-state index in [0.29, 0.717) is 13.2 Å². The Morgan fingerprint density at radius 3 is 2.86 bits per heavy atom. The number of morpholine rings is 1. The molecule has 4 aromatic rings. The fourth-order valence-corrected chi connectivity index (χ4v) is 3.84. The molecule has 0 aromatic carbocycles. The van der Waals surface area contributed by atoms with Gasteiger partial charge in [-0.1, -0.05) is 6.07 Å². The molecule has 5 heterocycles. The van der Waals surface area contributed by atoms with Gasteiger partial charge < -0.3 is 9.64 Å². The van der Waals surface area contributed by atoms with E-state index in [1.54, 1.807) is 6.20 Å². The van der Waals surface area contributed by atoms with E-state index in [-0.39, 0.29) is 6.04 Å². The van der Waals surface area contributed by atoms with Gasteiger partial charge in [0.1, 0.15) is 17.0 Å². The molecule has 146 valence electrons. The fourth-order valence-electron chi connectivity index (χ4n) is 3.84. The highest BCUT2D eigenvalue weighted by Crippen LogP contribution is 2.34. The molecule has 0 radical (unpaired) electrons. The first-order chi connectivity index (χ1) is 14.2. The molecule has 5 rings (SSSR count). The smallest absolute Gasteiger partial charge is 0.130 e. The molecule has 7 nitrogen and oxygen atoms in total. The third-order valence-corrected chi connectivity index (χ3v) is 5.30. The number of nitrogens with zero attached hydrogens (tertiary/aromatic N) is 5. The van der Waals surface area contributed by atoms with E-state index in [2.05, 4.69) is 33.1 Å². The molecule has 1 fully saturated rings. The van der Waals surface area contributed by atoms with Crippen LogP contribution >= 0.6 is 0 Å². The Labute approximate surface area is 168 Å². The van der Waals surface area contributed by atoms with Crippen molar-refractivity contribution in [3.63, 3.8) is 0 Å². The van der Waals surface area contributed by atoms with Crippen LogP contribution in [0.25, 0.3) is 33.5 Å². The SMILES string of the molecule is Cc1cccc(-c2cc(N3CCOCC3C)nc3c(-c4ccn[nH]4)nccc23)n1. The molecule has 0 aliphatic carbocycles. The van der Waals surface area contributed by atoms with Crippen LogP contribution in [0.15, 0.2) is 48.8 Å². The van der Waals surface area contributed by atoms with Gasteiger partial charge in [0.15, 0.2) is 0 Å². The molecule has 1 aliphatic heterocycles. The summed E-state index contributed by atoms with van der Waals surface area (Å²) < 4.78 is 5.63. The summed E-state index contributed by atoms with van der Waals surface area (Å²) in [4.78, 5) is 16.7. The van der Waals surface area contributed by atoms with E-state index in [4.69, 9.17) is 14.7 Å². The maximum atomic E-state index is 5.63. The number of aryl methyl sites for hydroxylation is 1. The van der Waals surface area contributed by atoms with Gasteiger partial charge in [0.25, 0.3) is 0 Å². The normalized spacial score (nSPS) is 17.0. The highest BCUT2D eigenvalue weighted by atomic mass is 16.5. The van der Waals surface area contributed by atoms with Crippen molar-refractivity contribution in [1.29, 1.82) is 0 Å². The van der Waals surface area contributed by atoms with E-state index in [9.17, 15) is 0 Å². The number of nitrogens with one attached hydrogen (secondary N) is 1. The molecule has 1 saturated heterocycles. The van der Waals surface area contributed by atoms with Crippen LogP contribution in [0.4, 0.5) is 5.82 Å². The van der Waals surface area contributed by atoms with Gasteiger partial charge in [-0.3, -0.25) is 15.1 Å². The third kappa shape index (κ3) is 3.23. The summed E-state index contributed by atoms with van der Waals surface area (Å²) in [5.74, 6) is 0.917. The largest absolute Gasteiger partial charge is 0.377 e. The topological polar surface area (TPSA) is 79.8 Å². The predicted molar refractivity (Wildman–Crippen MR) is 113 cm³/mol. The number of H-pyrrole nitrogens is 1. The van der Waals surface area contributed by atoms with Crippen molar-refractivity contribution in [2.24, 2.45) is 0 Å². The van der Waals surface area contributed by atoms with Gasteiger partial charge >= 0.3 is 0 Å². The Morgan fingerprint density at radius 2 is 2.07 bits per heavy atom. The van der Waals surface area contributed by atoms with Gasteiger partial charge in [-0.15, -0.1) is 0 Å². The fraction of sp³-hybridized carbons (Fsp3) is 0.273. The maximum absolute atomic E-state index is 5.63. The van der Waals surface area contributed by atoms with Gasteiger partial charge in [-0.2, -0.15) is 5.10 Å². The Balaban J connectivity index is 1.79. The van der Waals surface area contributed by atoms with Crippen molar-refractivity contribution in [3.05, 3.63) is 54.5 Å². The number of rotatable bonds is 3. The third-order valence-electron chi connectivity index (χ3n) is 5.30. The molecule has 4 aromatic heterocycles. The van der Waals surface area contributed by atoms with E-state index in [0.717, 1.165) is 51.6 Å². The number of aromatic amines is 1. The maximum Gasteiger partial charge on any atom is 0.130 e. The monoisotopic (exact) mass is 386 g/mol. The van der Waals surface area contributed by atoms with Crippen LogP contribution in [0.1, 0.15) is 12.6 Å². The van der Waals surface area contributed by atoms with Crippen molar-refractivity contribution in [3.8, 4) is 22.6 Å². The number of hydrogen-bond acceptors (Lipinski definition) is 6. The quantitative estimate of drug-likeness (QED) is 0.579. The Morgan fingerprint density at radius 1 is 1.14 bits per heavy atom. The summed E-state index contributed by atoms with van der Waals surface area (Å²) in [6, 6.07) is 12.4. The van der Waals surface area contributed by atoms with Crippen molar-refractivity contribution in [2.75, 3.05) is 24.7 Å².